The Kier molecular flexibility index (Phi) is 4.64. The Morgan fingerprint density at radius 3 is 2.08 bits per heavy atom. The van der Waals surface area contributed by atoms with Crippen LogP contribution in [0.25, 0.3) is 0 Å². The molecule has 0 aliphatic rings. The Labute approximate surface area is 74.6 Å². The lowest BCUT2D eigenvalue weighted by Crippen LogP contribution is -2.09. The summed E-state index contributed by atoms with van der Waals surface area (Å²) in [5.74, 6) is 0.168. The van der Waals surface area contributed by atoms with Crippen molar-refractivity contribution in [2.24, 2.45) is 5.92 Å². The first-order valence-corrected chi connectivity index (χ1v) is 4.32. The van der Waals surface area contributed by atoms with Crippen molar-refractivity contribution in [3.8, 4) is 0 Å². The third kappa shape index (κ3) is 4.94. The first kappa shape index (κ1) is 11.2. The molecule has 0 aromatic rings. The van der Waals surface area contributed by atoms with E-state index in [0.29, 0.717) is 5.92 Å². The maximum atomic E-state index is 11.1. The van der Waals surface area contributed by atoms with Gasteiger partial charge in [-0.1, -0.05) is 19.4 Å². The summed E-state index contributed by atoms with van der Waals surface area (Å²) in [7, 11) is 0. The fraction of sp³-hybridized carbons (Fsp3) is 0.700. The molecule has 0 rings (SSSR count). The summed E-state index contributed by atoms with van der Waals surface area (Å²) < 4.78 is 4.96. The highest BCUT2D eigenvalue weighted by molar-refractivity contribution is 5.82. The molecule has 0 saturated heterocycles. The van der Waals surface area contributed by atoms with Gasteiger partial charge in [-0.25, -0.2) is 4.79 Å². The summed E-state index contributed by atoms with van der Waals surface area (Å²) >= 11 is 0. The highest BCUT2D eigenvalue weighted by atomic mass is 16.5. The maximum absolute atomic E-state index is 11.1. The lowest BCUT2D eigenvalue weighted by molar-refractivity contribution is -0.141. The molecule has 0 saturated carbocycles. The molecule has 0 spiro atoms. The molecule has 0 unspecified atom stereocenters. The van der Waals surface area contributed by atoms with E-state index in [0.717, 1.165) is 5.57 Å². The summed E-state index contributed by atoms with van der Waals surface area (Å²) in [6, 6.07) is 0. The second kappa shape index (κ2) is 4.96. The molecule has 0 heterocycles. The monoisotopic (exact) mass is 170 g/mol. The van der Waals surface area contributed by atoms with E-state index >= 15 is 0 Å². The highest BCUT2D eigenvalue weighted by Crippen LogP contribution is 2.07. The minimum absolute atomic E-state index is 0.0336. The van der Waals surface area contributed by atoms with Gasteiger partial charge >= 0.3 is 5.97 Å². The molecular weight excluding hydrogens is 152 g/mol. The van der Waals surface area contributed by atoms with E-state index < -0.39 is 0 Å². The van der Waals surface area contributed by atoms with Crippen molar-refractivity contribution in [1.82, 2.24) is 0 Å². The quantitative estimate of drug-likeness (QED) is 0.480. The van der Waals surface area contributed by atoms with Gasteiger partial charge in [0.25, 0.3) is 0 Å². The number of carbonyl (C=O) groups excluding carboxylic acids is 1. The lowest BCUT2D eigenvalue weighted by Gasteiger charge is -2.07. The third-order valence-corrected chi connectivity index (χ3v) is 1.61. The van der Waals surface area contributed by atoms with Crippen LogP contribution >= 0.6 is 0 Å². The zero-order valence-electron chi connectivity index (χ0n) is 8.55. The Morgan fingerprint density at radius 1 is 1.25 bits per heavy atom. The van der Waals surface area contributed by atoms with E-state index in [1.807, 2.05) is 20.8 Å². The average Bonchev–Trinajstić information content (AvgIpc) is 1.84. The Morgan fingerprint density at radius 2 is 1.75 bits per heavy atom. The van der Waals surface area contributed by atoms with E-state index in [1.54, 1.807) is 6.08 Å². The van der Waals surface area contributed by atoms with Crippen molar-refractivity contribution in [3.63, 3.8) is 0 Å². The second-order valence-electron chi connectivity index (χ2n) is 3.53. The number of carbonyl (C=O) groups is 1. The molecule has 0 fully saturated rings. The van der Waals surface area contributed by atoms with Crippen LogP contribution in [0.2, 0.25) is 0 Å². The number of allylic oxidation sites excluding steroid dienone is 1. The molecule has 0 atom stereocenters. The Hall–Kier alpha value is -0.790. The number of hydrogen-bond donors (Lipinski definition) is 0. The van der Waals surface area contributed by atoms with Gasteiger partial charge in [0.2, 0.25) is 0 Å². The highest BCUT2D eigenvalue weighted by Gasteiger charge is 2.03. The molecule has 0 aromatic carbocycles. The van der Waals surface area contributed by atoms with Crippen LogP contribution in [0, 0.1) is 5.92 Å². The molecule has 2 nitrogen and oxygen atoms in total. The average molecular weight is 170 g/mol. The van der Waals surface area contributed by atoms with Gasteiger partial charge in [0.1, 0.15) is 0 Å². The predicted molar refractivity (Wildman–Crippen MR) is 49.8 cm³/mol. The van der Waals surface area contributed by atoms with Crippen LogP contribution in [0.5, 0.6) is 0 Å². The predicted octanol–water partition coefficient (Wildman–Crippen LogP) is 2.54. The summed E-state index contributed by atoms with van der Waals surface area (Å²) in [4.78, 5) is 11.1. The minimum atomic E-state index is -0.240. The minimum Gasteiger partial charge on any atom is -0.460 e. The Bertz CT molecular complexity index is 178. The van der Waals surface area contributed by atoms with Crippen LogP contribution < -0.4 is 0 Å². The zero-order valence-corrected chi connectivity index (χ0v) is 8.55. The summed E-state index contributed by atoms with van der Waals surface area (Å²) in [5.41, 5.74) is 1.06. The smallest absolute Gasteiger partial charge is 0.330 e. The second-order valence-corrected chi connectivity index (χ2v) is 3.53. The molecule has 0 aliphatic heterocycles. The van der Waals surface area contributed by atoms with Crippen molar-refractivity contribution in [2.45, 2.75) is 40.7 Å². The first-order valence-electron chi connectivity index (χ1n) is 4.32. The topological polar surface area (TPSA) is 26.3 Å². The molecule has 0 amide bonds. The van der Waals surface area contributed by atoms with Crippen molar-refractivity contribution < 1.29 is 9.53 Å². The summed E-state index contributed by atoms with van der Waals surface area (Å²) in [6.07, 6.45) is 1.53. The molecule has 2 heteroatoms. The first-order chi connectivity index (χ1) is 5.43. The van der Waals surface area contributed by atoms with E-state index in [2.05, 4.69) is 13.8 Å². The largest absolute Gasteiger partial charge is 0.460 e. The SMILES string of the molecule is CC(=CC(=O)OC(C)C)C(C)C. The third-order valence-electron chi connectivity index (χ3n) is 1.61. The van der Waals surface area contributed by atoms with Crippen LogP contribution in [0.3, 0.4) is 0 Å². The molecule has 0 aromatic heterocycles. The van der Waals surface area contributed by atoms with Gasteiger partial charge in [-0.2, -0.15) is 0 Å². The number of hydrogen-bond acceptors (Lipinski definition) is 2. The molecular formula is C10H18O2. The number of ether oxygens (including phenoxy) is 1. The Balaban J connectivity index is 4.06. The van der Waals surface area contributed by atoms with E-state index in [-0.39, 0.29) is 12.1 Å². The summed E-state index contributed by atoms with van der Waals surface area (Å²) in [5, 5.41) is 0. The fourth-order valence-corrected chi connectivity index (χ4v) is 0.619. The van der Waals surface area contributed by atoms with Gasteiger partial charge in [-0.15, -0.1) is 0 Å². The van der Waals surface area contributed by atoms with Crippen LogP contribution in [0.4, 0.5) is 0 Å². The summed E-state index contributed by atoms with van der Waals surface area (Å²) in [6.45, 7) is 9.72. The van der Waals surface area contributed by atoms with E-state index in [9.17, 15) is 4.79 Å². The van der Waals surface area contributed by atoms with Crippen LogP contribution in [0.15, 0.2) is 11.6 Å². The van der Waals surface area contributed by atoms with Gasteiger partial charge in [-0.05, 0) is 26.7 Å². The van der Waals surface area contributed by atoms with Gasteiger partial charge < -0.3 is 4.74 Å². The normalized spacial score (nSPS) is 12.4. The molecule has 0 radical (unpaired) electrons. The van der Waals surface area contributed by atoms with Crippen LogP contribution in [0.1, 0.15) is 34.6 Å². The maximum Gasteiger partial charge on any atom is 0.330 e. The zero-order chi connectivity index (χ0) is 9.72. The van der Waals surface area contributed by atoms with Crippen molar-refractivity contribution >= 4 is 5.97 Å². The van der Waals surface area contributed by atoms with Crippen LogP contribution in [-0.4, -0.2) is 12.1 Å². The molecule has 12 heavy (non-hydrogen) atoms. The van der Waals surface area contributed by atoms with E-state index in [4.69, 9.17) is 4.74 Å². The standard InChI is InChI=1S/C10H18O2/c1-7(2)9(5)6-10(11)12-8(3)4/h6-8H,1-5H3. The molecule has 0 bridgehead atoms. The van der Waals surface area contributed by atoms with Crippen molar-refractivity contribution in [1.29, 1.82) is 0 Å². The van der Waals surface area contributed by atoms with Crippen LogP contribution in [-0.2, 0) is 9.53 Å². The van der Waals surface area contributed by atoms with Gasteiger partial charge in [0.15, 0.2) is 0 Å². The number of esters is 1. The van der Waals surface area contributed by atoms with Gasteiger partial charge in [-0.3, -0.25) is 0 Å². The molecule has 70 valence electrons. The van der Waals surface area contributed by atoms with Gasteiger partial charge in [0.05, 0.1) is 6.10 Å². The van der Waals surface area contributed by atoms with Crippen molar-refractivity contribution in [3.05, 3.63) is 11.6 Å². The number of rotatable bonds is 3. The molecule has 0 aliphatic carbocycles. The lowest BCUT2D eigenvalue weighted by atomic mass is 10.1. The van der Waals surface area contributed by atoms with Gasteiger partial charge in [0, 0.05) is 6.08 Å². The fourth-order valence-electron chi connectivity index (χ4n) is 0.619. The van der Waals surface area contributed by atoms with E-state index in [1.165, 1.54) is 0 Å². The van der Waals surface area contributed by atoms with Crippen molar-refractivity contribution in [2.75, 3.05) is 0 Å². The molecule has 0 N–H and O–H groups in total.